The van der Waals surface area contributed by atoms with Gasteiger partial charge in [-0.15, -0.1) is 0 Å². The van der Waals surface area contributed by atoms with E-state index in [4.69, 9.17) is 11.6 Å². The molecule has 0 saturated heterocycles. The normalized spacial score (nSPS) is 13.2. The van der Waals surface area contributed by atoms with Crippen molar-refractivity contribution in [3.8, 4) is 0 Å². The zero-order chi connectivity index (χ0) is 13.9. The molecule has 0 fully saturated rings. The molecule has 2 aromatic carbocycles. The highest BCUT2D eigenvalue weighted by Crippen LogP contribution is 2.19. The van der Waals surface area contributed by atoms with Crippen LogP contribution in [0.3, 0.4) is 0 Å². The molecule has 0 radical (unpaired) electrons. The molecule has 0 aliphatic rings. The van der Waals surface area contributed by atoms with Crippen molar-refractivity contribution in [2.24, 2.45) is 0 Å². The first-order valence-corrected chi connectivity index (χ1v) is 7.68. The summed E-state index contributed by atoms with van der Waals surface area (Å²) in [7, 11) is -3.51. The van der Waals surface area contributed by atoms with Gasteiger partial charge in [0, 0.05) is 11.1 Å². The molecule has 0 heterocycles. The fourth-order valence-corrected chi connectivity index (χ4v) is 3.20. The Bertz CT molecular complexity index is 656. The van der Waals surface area contributed by atoms with Crippen LogP contribution in [0.15, 0.2) is 59.5 Å². The summed E-state index contributed by atoms with van der Waals surface area (Å²) >= 11 is 5.90. The summed E-state index contributed by atoms with van der Waals surface area (Å²) in [6.45, 7) is 1.78. The van der Waals surface area contributed by atoms with E-state index in [-0.39, 0.29) is 10.9 Å². The number of rotatable bonds is 4. The number of hydrogen-bond acceptors (Lipinski definition) is 2. The Morgan fingerprint density at radius 1 is 1.05 bits per heavy atom. The van der Waals surface area contributed by atoms with Gasteiger partial charge in [0.25, 0.3) is 0 Å². The van der Waals surface area contributed by atoms with Gasteiger partial charge in [0.1, 0.15) is 0 Å². The largest absolute Gasteiger partial charge is 0.241 e. The second-order valence-electron chi connectivity index (χ2n) is 4.21. The van der Waals surface area contributed by atoms with Gasteiger partial charge in [0.2, 0.25) is 10.0 Å². The molecule has 0 amide bonds. The fraction of sp³-hybridized carbons (Fsp3) is 0.143. The fourth-order valence-electron chi connectivity index (χ4n) is 1.74. The number of sulfonamides is 1. The van der Waals surface area contributed by atoms with Crippen LogP contribution in [0.1, 0.15) is 18.5 Å². The Hall–Kier alpha value is -1.36. The van der Waals surface area contributed by atoms with E-state index in [2.05, 4.69) is 4.72 Å². The second-order valence-corrected chi connectivity index (χ2v) is 6.36. The molecule has 2 aromatic rings. The van der Waals surface area contributed by atoms with E-state index < -0.39 is 10.0 Å². The minimum atomic E-state index is -3.51. The summed E-state index contributed by atoms with van der Waals surface area (Å²) < 4.78 is 26.9. The Morgan fingerprint density at radius 2 is 1.74 bits per heavy atom. The molecule has 3 nitrogen and oxygen atoms in total. The van der Waals surface area contributed by atoms with Crippen molar-refractivity contribution in [1.29, 1.82) is 0 Å². The van der Waals surface area contributed by atoms with Crippen LogP contribution in [-0.4, -0.2) is 8.42 Å². The summed E-state index contributed by atoms with van der Waals surface area (Å²) in [5, 5.41) is 0.586. The first kappa shape index (κ1) is 14.1. The van der Waals surface area contributed by atoms with E-state index in [1.807, 2.05) is 6.07 Å². The van der Waals surface area contributed by atoms with Crippen molar-refractivity contribution in [3.63, 3.8) is 0 Å². The van der Waals surface area contributed by atoms with Crippen molar-refractivity contribution < 1.29 is 8.42 Å². The van der Waals surface area contributed by atoms with Gasteiger partial charge in [0.05, 0.1) is 4.90 Å². The zero-order valence-corrected chi connectivity index (χ0v) is 11.9. The topological polar surface area (TPSA) is 46.2 Å². The first-order chi connectivity index (χ1) is 8.99. The Morgan fingerprint density at radius 3 is 2.37 bits per heavy atom. The van der Waals surface area contributed by atoms with E-state index in [0.29, 0.717) is 5.02 Å². The predicted octanol–water partition coefficient (Wildman–Crippen LogP) is 3.38. The molecule has 0 bridgehead atoms. The number of hydrogen-bond donors (Lipinski definition) is 1. The summed E-state index contributed by atoms with van der Waals surface area (Å²) in [4.78, 5) is 0.254. The third kappa shape index (κ3) is 3.56. The lowest BCUT2D eigenvalue weighted by Gasteiger charge is -2.14. The molecule has 0 aromatic heterocycles. The highest BCUT2D eigenvalue weighted by atomic mass is 35.5. The van der Waals surface area contributed by atoms with Gasteiger partial charge in [-0.3, -0.25) is 0 Å². The number of halogens is 1. The van der Waals surface area contributed by atoms with Gasteiger partial charge in [-0.2, -0.15) is 0 Å². The Kier molecular flexibility index (Phi) is 4.24. The minimum absolute atomic E-state index is 0.254. The third-order valence-electron chi connectivity index (χ3n) is 2.73. The van der Waals surface area contributed by atoms with Crippen molar-refractivity contribution >= 4 is 21.6 Å². The summed E-state index contributed by atoms with van der Waals surface area (Å²) in [5.41, 5.74) is 0.826. The van der Waals surface area contributed by atoms with Crippen LogP contribution in [0.4, 0.5) is 0 Å². The number of benzene rings is 2. The molecule has 0 aliphatic carbocycles. The molecule has 0 spiro atoms. The SMILES string of the molecule is CC(NS(=O)(=O)c1ccccc1)c1cccc(Cl)c1. The van der Waals surface area contributed by atoms with Gasteiger partial charge in [-0.1, -0.05) is 41.9 Å². The lowest BCUT2D eigenvalue weighted by molar-refractivity contribution is 0.567. The van der Waals surface area contributed by atoms with Crippen molar-refractivity contribution in [3.05, 3.63) is 65.2 Å². The molecule has 0 saturated carbocycles. The van der Waals surface area contributed by atoms with E-state index in [9.17, 15) is 8.42 Å². The van der Waals surface area contributed by atoms with Crippen LogP contribution in [0, 0.1) is 0 Å². The Labute approximate surface area is 118 Å². The molecule has 100 valence electrons. The monoisotopic (exact) mass is 295 g/mol. The van der Waals surface area contributed by atoms with E-state index in [1.54, 1.807) is 55.5 Å². The average Bonchev–Trinajstić information content (AvgIpc) is 2.39. The molecule has 1 unspecified atom stereocenters. The van der Waals surface area contributed by atoms with Crippen LogP contribution < -0.4 is 4.72 Å². The number of nitrogens with one attached hydrogen (secondary N) is 1. The lowest BCUT2D eigenvalue weighted by atomic mass is 10.1. The second kappa shape index (κ2) is 5.74. The van der Waals surface area contributed by atoms with Crippen LogP contribution >= 0.6 is 11.6 Å². The highest BCUT2D eigenvalue weighted by molar-refractivity contribution is 7.89. The summed E-state index contributed by atoms with van der Waals surface area (Å²) in [5.74, 6) is 0. The maximum Gasteiger partial charge on any atom is 0.241 e. The maximum absolute atomic E-state index is 12.2. The van der Waals surface area contributed by atoms with Gasteiger partial charge in [0.15, 0.2) is 0 Å². The van der Waals surface area contributed by atoms with Crippen molar-refractivity contribution in [2.45, 2.75) is 17.9 Å². The van der Waals surface area contributed by atoms with Crippen LogP contribution in [0.2, 0.25) is 5.02 Å². The molecule has 2 rings (SSSR count). The predicted molar refractivity (Wildman–Crippen MR) is 76.6 cm³/mol. The molecule has 1 N–H and O–H groups in total. The first-order valence-electron chi connectivity index (χ1n) is 5.82. The van der Waals surface area contributed by atoms with Gasteiger partial charge < -0.3 is 0 Å². The molecular weight excluding hydrogens is 282 g/mol. The van der Waals surface area contributed by atoms with E-state index in [0.717, 1.165) is 5.56 Å². The molecule has 5 heteroatoms. The highest BCUT2D eigenvalue weighted by Gasteiger charge is 2.17. The van der Waals surface area contributed by atoms with Crippen molar-refractivity contribution in [1.82, 2.24) is 4.72 Å². The van der Waals surface area contributed by atoms with Crippen LogP contribution in [0.5, 0.6) is 0 Å². The van der Waals surface area contributed by atoms with Gasteiger partial charge in [-0.25, -0.2) is 13.1 Å². The molecular formula is C14H14ClNO2S. The molecule has 1 atom stereocenters. The lowest BCUT2D eigenvalue weighted by Crippen LogP contribution is -2.26. The maximum atomic E-state index is 12.2. The van der Waals surface area contributed by atoms with Gasteiger partial charge >= 0.3 is 0 Å². The third-order valence-corrected chi connectivity index (χ3v) is 4.53. The summed E-state index contributed by atoms with van der Waals surface area (Å²) in [6, 6.07) is 15.1. The average molecular weight is 296 g/mol. The minimum Gasteiger partial charge on any atom is -0.207 e. The standard InChI is InChI=1S/C14H14ClNO2S/c1-11(12-6-5-7-13(15)10-12)16-19(17,18)14-8-3-2-4-9-14/h2-11,16H,1H3. The molecule has 0 aliphatic heterocycles. The zero-order valence-electron chi connectivity index (χ0n) is 10.4. The Balaban J connectivity index is 2.22. The summed E-state index contributed by atoms with van der Waals surface area (Å²) in [6.07, 6.45) is 0. The van der Waals surface area contributed by atoms with Crippen LogP contribution in [0.25, 0.3) is 0 Å². The van der Waals surface area contributed by atoms with Crippen LogP contribution in [-0.2, 0) is 10.0 Å². The van der Waals surface area contributed by atoms with E-state index in [1.165, 1.54) is 0 Å². The van der Waals surface area contributed by atoms with Gasteiger partial charge in [-0.05, 0) is 36.8 Å². The molecule has 19 heavy (non-hydrogen) atoms. The van der Waals surface area contributed by atoms with E-state index >= 15 is 0 Å². The smallest absolute Gasteiger partial charge is 0.207 e. The van der Waals surface area contributed by atoms with Crippen molar-refractivity contribution in [2.75, 3.05) is 0 Å². The quantitative estimate of drug-likeness (QED) is 0.940.